The lowest BCUT2D eigenvalue weighted by Gasteiger charge is -2.36. The first-order valence-corrected chi connectivity index (χ1v) is 14.7. The van der Waals surface area contributed by atoms with Gasteiger partial charge in [-0.2, -0.15) is 0 Å². The van der Waals surface area contributed by atoms with E-state index < -0.39 is 19.8 Å². The Hall–Kier alpha value is -2.10. The maximum Gasteiger partial charge on any atom is 0.264 e. The van der Waals surface area contributed by atoms with Crippen molar-refractivity contribution in [1.29, 1.82) is 4.78 Å². The highest BCUT2D eigenvalue weighted by atomic mass is 32.2. The normalized spacial score (nSPS) is 18.8. The third-order valence-corrected chi connectivity index (χ3v) is 8.74. The second-order valence-corrected chi connectivity index (χ2v) is 13.0. The summed E-state index contributed by atoms with van der Waals surface area (Å²) in [5.74, 6) is 0.102. The SMILES string of the molecule is CCc1ccc(N(CC(C)C)S(=O)(=O)c2ccc(N3CCOC[C@H]3C)c(S(C)(=N)=O)c2)cc1. The minimum Gasteiger partial charge on any atom is -0.377 e. The zero-order valence-electron chi connectivity index (χ0n) is 20.1. The van der Waals surface area contributed by atoms with Crippen molar-refractivity contribution in [3.8, 4) is 0 Å². The number of nitrogens with one attached hydrogen (secondary N) is 1. The molecule has 2 aromatic carbocycles. The molecular weight excluding hydrogens is 458 g/mol. The molecule has 0 radical (unpaired) electrons. The first kappa shape index (κ1) is 25.5. The van der Waals surface area contributed by atoms with Crippen LogP contribution in [0.15, 0.2) is 52.3 Å². The van der Waals surface area contributed by atoms with Gasteiger partial charge in [-0.25, -0.2) is 17.4 Å². The molecule has 0 amide bonds. The molecule has 1 saturated heterocycles. The van der Waals surface area contributed by atoms with E-state index in [1.807, 2.05) is 49.9 Å². The lowest BCUT2D eigenvalue weighted by atomic mass is 10.1. The third-order valence-electron chi connectivity index (χ3n) is 5.78. The van der Waals surface area contributed by atoms with E-state index in [1.165, 1.54) is 16.6 Å². The first-order valence-electron chi connectivity index (χ1n) is 11.3. The van der Waals surface area contributed by atoms with Gasteiger partial charge in [-0.3, -0.25) is 4.31 Å². The van der Waals surface area contributed by atoms with Crippen LogP contribution < -0.4 is 9.21 Å². The predicted octanol–water partition coefficient (Wildman–Crippen LogP) is 4.36. The molecule has 2 aromatic rings. The van der Waals surface area contributed by atoms with Crippen LogP contribution in [0.2, 0.25) is 0 Å². The molecule has 0 spiro atoms. The summed E-state index contributed by atoms with van der Waals surface area (Å²) >= 11 is 0. The molecule has 0 aliphatic carbocycles. The van der Waals surface area contributed by atoms with E-state index >= 15 is 0 Å². The quantitative estimate of drug-likeness (QED) is 0.590. The van der Waals surface area contributed by atoms with Crippen molar-refractivity contribution in [2.75, 3.05) is 41.8 Å². The van der Waals surface area contributed by atoms with Crippen LogP contribution in [0.1, 0.15) is 33.3 Å². The van der Waals surface area contributed by atoms with Gasteiger partial charge in [-0.1, -0.05) is 32.9 Å². The van der Waals surface area contributed by atoms with Gasteiger partial charge >= 0.3 is 0 Å². The number of ether oxygens (including phenoxy) is 1. The van der Waals surface area contributed by atoms with Crippen LogP contribution in [-0.2, 0) is 30.9 Å². The fourth-order valence-corrected chi connectivity index (χ4v) is 6.65. The molecule has 1 aliphatic rings. The Labute approximate surface area is 198 Å². The van der Waals surface area contributed by atoms with Gasteiger partial charge in [-0.05, 0) is 55.2 Å². The number of nitrogens with zero attached hydrogens (tertiary/aromatic N) is 2. The van der Waals surface area contributed by atoms with E-state index in [9.17, 15) is 12.6 Å². The summed E-state index contributed by atoms with van der Waals surface area (Å²) in [6, 6.07) is 12.3. The molecule has 182 valence electrons. The van der Waals surface area contributed by atoms with Gasteiger partial charge in [0.2, 0.25) is 0 Å². The number of rotatable bonds is 8. The third kappa shape index (κ3) is 5.70. The average molecular weight is 494 g/mol. The number of aryl methyl sites for hydroxylation is 1. The Morgan fingerprint density at radius 2 is 1.82 bits per heavy atom. The Morgan fingerprint density at radius 3 is 2.36 bits per heavy atom. The summed E-state index contributed by atoms with van der Waals surface area (Å²) in [6.45, 7) is 9.96. The van der Waals surface area contributed by atoms with E-state index in [2.05, 4.69) is 6.92 Å². The molecule has 0 bridgehead atoms. The molecule has 0 aromatic heterocycles. The highest BCUT2D eigenvalue weighted by molar-refractivity contribution is 7.93. The second-order valence-electron chi connectivity index (χ2n) is 9.04. The number of anilines is 2. The largest absolute Gasteiger partial charge is 0.377 e. The van der Waals surface area contributed by atoms with Crippen LogP contribution >= 0.6 is 0 Å². The minimum absolute atomic E-state index is 0.0382. The molecule has 1 unspecified atom stereocenters. The Balaban J connectivity index is 2.11. The summed E-state index contributed by atoms with van der Waals surface area (Å²) in [5, 5.41) is 0. The summed E-state index contributed by atoms with van der Waals surface area (Å²) in [6.07, 6.45) is 2.21. The van der Waals surface area contributed by atoms with Crippen LogP contribution in [0.4, 0.5) is 11.4 Å². The van der Waals surface area contributed by atoms with E-state index in [-0.39, 0.29) is 21.8 Å². The van der Waals surface area contributed by atoms with Gasteiger partial charge in [0.25, 0.3) is 10.0 Å². The molecule has 1 heterocycles. The van der Waals surface area contributed by atoms with Crippen LogP contribution in [0.3, 0.4) is 0 Å². The van der Waals surface area contributed by atoms with Crippen molar-refractivity contribution in [3.63, 3.8) is 0 Å². The number of morpholine rings is 1. The summed E-state index contributed by atoms with van der Waals surface area (Å²) < 4.78 is 55.7. The van der Waals surface area contributed by atoms with Crippen molar-refractivity contribution in [2.24, 2.45) is 5.92 Å². The van der Waals surface area contributed by atoms with Crippen molar-refractivity contribution < 1.29 is 17.4 Å². The standard InChI is InChI=1S/C24H35N3O4S2/c1-6-20-7-9-21(10-8-20)27(16-18(2)3)33(29,30)22-11-12-23(24(15-22)32(5,25)28)26-13-14-31-17-19(26)4/h7-12,15,18-19,25H,6,13-14,16-17H2,1-5H3/t19-,32?/m1/s1. The lowest BCUT2D eigenvalue weighted by molar-refractivity contribution is 0.0987. The minimum atomic E-state index is -3.93. The van der Waals surface area contributed by atoms with E-state index in [0.717, 1.165) is 12.0 Å². The monoisotopic (exact) mass is 493 g/mol. The molecule has 9 heteroatoms. The fraction of sp³-hybridized carbons (Fsp3) is 0.500. The summed E-state index contributed by atoms with van der Waals surface area (Å²) in [5.41, 5.74) is 2.36. The van der Waals surface area contributed by atoms with Gasteiger partial charge in [0.15, 0.2) is 0 Å². The molecule has 33 heavy (non-hydrogen) atoms. The highest BCUT2D eigenvalue weighted by Crippen LogP contribution is 2.33. The van der Waals surface area contributed by atoms with Gasteiger partial charge < -0.3 is 9.64 Å². The van der Waals surface area contributed by atoms with Crippen LogP contribution in [-0.4, -0.2) is 51.2 Å². The van der Waals surface area contributed by atoms with Crippen LogP contribution in [0, 0.1) is 10.7 Å². The molecular formula is C24H35N3O4S2. The molecule has 1 fully saturated rings. The van der Waals surface area contributed by atoms with Gasteiger partial charge in [-0.15, -0.1) is 0 Å². The first-order chi connectivity index (χ1) is 15.4. The number of hydrogen-bond acceptors (Lipinski definition) is 6. The van der Waals surface area contributed by atoms with E-state index in [0.29, 0.717) is 37.7 Å². The average Bonchev–Trinajstić information content (AvgIpc) is 2.77. The van der Waals surface area contributed by atoms with E-state index in [1.54, 1.807) is 12.1 Å². The number of sulfonamides is 1. The molecule has 2 atom stereocenters. The Kier molecular flexibility index (Phi) is 7.76. The maximum atomic E-state index is 13.8. The van der Waals surface area contributed by atoms with E-state index in [4.69, 9.17) is 9.52 Å². The van der Waals surface area contributed by atoms with Gasteiger partial charge in [0, 0.05) is 25.4 Å². The van der Waals surface area contributed by atoms with Crippen molar-refractivity contribution in [3.05, 3.63) is 48.0 Å². The second kappa shape index (κ2) is 10.0. The predicted molar refractivity (Wildman–Crippen MR) is 134 cm³/mol. The molecule has 3 rings (SSSR count). The maximum absolute atomic E-state index is 13.8. The summed E-state index contributed by atoms with van der Waals surface area (Å²) in [4.78, 5) is 2.33. The number of hydrogen-bond donors (Lipinski definition) is 1. The smallest absolute Gasteiger partial charge is 0.264 e. The van der Waals surface area contributed by atoms with Crippen molar-refractivity contribution in [2.45, 2.75) is 49.9 Å². The zero-order chi connectivity index (χ0) is 24.4. The fourth-order valence-electron chi connectivity index (χ4n) is 3.99. The van der Waals surface area contributed by atoms with Crippen LogP contribution in [0.25, 0.3) is 0 Å². The highest BCUT2D eigenvalue weighted by Gasteiger charge is 2.30. The topological polar surface area (TPSA) is 90.8 Å². The van der Waals surface area contributed by atoms with Crippen molar-refractivity contribution >= 4 is 31.1 Å². The van der Waals surface area contributed by atoms with Gasteiger partial charge in [0.1, 0.15) is 0 Å². The van der Waals surface area contributed by atoms with Crippen LogP contribution in [0.5, 0.6) is 0 Å². The summed E-state index contributed by atoms with van der Waals surface area (Å²) in [7, 11) is -7.11. The number of benzene rings is 2. The van der Waals surface area contributed by atoms with Crippen molar-refractivity contribution in [1.82, 2.24) is 0 Å². The Morgan fingerprint density at radius 1 is 1.15 bits per heavy atom. The molecule has 0 saturated carbocycles. The molecule has 7 nitrogen and oxygen atoms in total. The molecule has 1 aliphatic heterocycles. The lowest BCUT2D eigenvalue weighted by Crippen LogP contribution is -2.44. The molecule has 1 N–H and O–H groups in total. The Bertz CT molecular complexity index is 1180. The van der Waals surface area contributed by atoms with Gasteiger partial charge in [0.05, 0.1) is 44.1 Å². The zero-order valence-corrected chi connectivity index (χ0v) is 21.7.